The number of carboxylic acids is 3. The number of fused-ring (bicyclic) bond motifs is 1. The van der Waals surface area contributed by atoms with Crippen molar-refractivity contribution >= 4 is 47.5 Å². The van der Waals surface area contributed by atoms with Crippen LogP contribution >= 0.6 is 0 Å². The number of carbonyl (C=O) groups is 3. The second-order valence-electron chi connectivity index (χ2n) is 3.81. The average Bonchev–Trinajstić information content (AvgIpc) is 2.35. The van der Waals surface area contributed by atoms with Gasteiger partial charge in [0.15, 0.2) is 0 Å². The zero-order chi connectivity index (χ0) is 14.2. The summed E-state index contributed by atoms with van der Waals surface area (Å²) in [7, 11) is 0. The maximum absolute atomic E-state index is 11.3. The summed E-state index contributed by atoms with van der Waals surface area (Å²) in [6.45, 7) is 0. The molecular weight excluding hydrogens is 259 g/mol. The summed E-state index contributed by atoms with van der Waals surface area (Å²) < 4.78 is 0. The van der Waals surface area contributed by atoms with Gasteiger partial charge in [-0.25, -0.2) is 14.4 Å². The van der Waals surface area contributed by atoms with Gasteiger partial charge in [0.25, 0.3) is 0 Å². The second-order valence-corrected chi connectivity index (χ2v) is 3.81. The van der Waals surface area contributed by atoms with E-state index in [2.05, 4.69) is 0 Å². The van der Waals surface area contributed by atoms with Crippen molar-refractivity contribution in [2.24, 2.45) is 0 Å². The van der Waals surface area contributed by atoms with E-state index in [1.54, 1.807) is 12.1 Å². The molecule has 0 saturated heterocycles. The van der Waals surface area contributed by atoms with E-state index in [1.165, 1.54) is 12.1 Å². The van der Waals surface area contributed by atoms with Gasteiger partial charge in [0, 0.05) is 18.9 Å². The minimum Gasteiger partial charge on any atom is -0.478 e. The van der Waals surface area contributed by atoms with Crippen molar-refractivity contribution in [3.63, 3.8) is 0 Å². The third-order valence-corrected chi connectivity index (χ3v) is 2.71. The number of carboxylic acid groups (broad SMARTS) is 3. The monoisotopic (exact) mass is 267 g/mol. The van der Waals surface area contributed by atoms with Crippen LogP contribution in [0.4, 0.5) is 0 Å². The Morgan fingerprint density at radius 2 is 1.35 bits per heavy atom. The van der Waals surface area contributed by atoms with Crippen molar-refractivity contribution in [3.8, 4) is 0 Å². The first-order valence-electron chi connectivity index (χ1n) is 5.19. The molecule has 2 aromatic carbocycles. The summed E-state index contributed by atoms with van der Waals surface area (Å²) >= 11 is 0. The van der Waals surface area contributed by atoms with Crippen molar-refractivity contribution in [1.82, 2.24) is 0 Å². The number of rotatable bonds is 3. The van der Waals surface area contributed by atoms with Crippen LogP contribution in [-0.4, -0.2) is 52.1 Å². The van der Waals surface area contributed by atoms with Crippen LogP contribution in [0.15, 0.2) is 30.3 Å². The molecule has 0 atom stereocenters. The summed E-state index contributed by atoms with van der Waals surface area (Å²) in [6, 6.07) is 7.30. The van der Waals surface area contributed by atoms with Crippen molar-refractivity contribution < 1.29 is 29.7 Å². The number of aromatic carboxylic acids is 3. The van der Waals surface area contributed by atoms with Crippen LogP contribution in [0.25, 0.3) is 10.8 Å². The number of benzene rings is 2. The van der Waals surface area contributed by atoms with Crippen LogP contribution in [0.2, 0.25) is 0 Å². The third kappa shape index (κ3) is 2.52. The van der Waals surface area contributed by atoms with Crippen molar-refractivity contribution in [2.45, 2.75) is 0 Å². The van der Waals surface area contributed by atoms with E-state index >= 15 is 0 Å². The molecule has 0 spiro atoms. The van der Waals surface area contributed by atoms with E-state index in [0.29, 0.717) is 5.39 Å². The van der Waals surface area contributed by atoms with Crippen LogP contribution in [0, 0.1) is 0 Å². The third-order valence-electron chi connectivity index (χ3n) is 2.71. The Balaban J connectivity index is 0.00000200. The normalized spacial score (nSPS) is 9.80. The topological polar surface area (TPSA) is 112 Å². The van der Waals surface area contributed by atoms with Crippen LogP contribution in [0.5, 0.6) is 0 Å². The van der Waals surface area contributed by atoms with Gasteiger partial charge in [-0.1, -0.05) is 24.3 Å². The molecule has 20 heavy (non-hydrogen) atoms. The molecule has 1 radical (unpaired) electrons. The van der Waals surface area contributed by atoms with Gasteiger partial charge in [-0.15, -0.1) is 0 Å². The average molecular weight is 267 g/mol. The molecule has 0 heterocycles. The Hall–Kier alpha value is -2.29. The fraction of sp³-hybridized carbons (Fsp3) is 0. The Morgan fingerprint density at radius 1 is 0.800 bits per heavy atom. The molecular formula is C13H8LiO6. The summed E-state index contributed by atoms with van der Waals surface area (Å²) in [5, 5.41) is 27.8. The standard InChI is InChI=1S/C13H8O6.Li/c14-11(15)8-5-6-3-1-2-4-7(6)9(12(16)17)10(8)13(18)19;/h1-5H,(H,14,15)(H,16,17)(H,18,19);. The second kappa shape index (κ2) is 5.78. The minimum atomic E-state index is -1.58. The molecule has 3 N–H and O–H groups in total. The molecule has 0 aromatic heterocycles. The predicted octanol–water partition coefficient (Wildman–Crippen LogP) is 1.55. The molecule has 2 aromatic rings. The maximum Gasteiger partial charge on any atom is 0.337 e. The molecule has 6 nitrogen and oxygen atoms in total. The molecule has 0 unspecified atom stereocenters. The van der Waals surface area contributed by atoms with Gasteiger partial charge >= 0.3 is 17.9 Å². The van der Waals surface area contributed by atoms with Crippen LogP contribution in [-0.2, 0) is 0 Å². The molecule has 0 fully saturated rings. The molecule has 0 saturated carbocycles. The van der Waals surface area contributed by atoms with Crippen LogP contribution in [0.1, 0.15) is 31.1 Å². The van der Waals surface area contributed by atoms with E-state index in [4.69, 9.17) is 15.3 Å². The molecule has 0 aliphatic carbocycles. The molecule has 0 aliphatic heterocycles. The van der Waals surface area contributed by atoms with Gasteiger partial charge in [-0.2, -0.15) is 0 Å². The summed E-state index contributed by atoms with van der Waals surface area (Å²) in [6.07, 6.45) is 0. The SMILES string of the molecule is O=C(O)c1cc2ccccc2c(C(=O)O)c1C(=O)O.[Li]. The minimum absolute atomic E-state index is 0. The molecule has 2 rings (SSSR count). The Labute approximate surface area is 124 Å². The maximum atomic E-state index is 11.3. The molecule has 0 aliphatic rings. The number of hydrogen-bond acceptors (Lipinski definition) is 3. The zero-order valence-corrected chi connectivity index (χ0v) is 10.5. The van der Waals surface area contributed by atoms with Gasteiger partial charge in [-0.3, -0.25) is 0 Å². The van der Waals surface area contributed by atoms with Crippen molar-refractivity contribution in [2.75, 3.05) is 0 Å². The molecule has 0 bridgehead atoms. The first-order valence-corrected chi connectivity index (χ1v) is 5.19. The molecule has 97 valence electrons. The van der Waals surface area contributed by atoms with E-state index in [1.807, 2.05) is 0 Å². The van der Waals surface area contributed by atoms with E-state index < -0.39 is 34.6 Å². The molecule has 7 heteroatoms. The van der Waals surface area contributed by atoms with Gasteiger partial charge in [-0.05, 0) is 16.8 Å². The fourth-order valence-corrected chi connectivity index (χ4v) is 1.96. The van der Waals surface area contributed by atoms with Gasteiger partial charge < -0.3 is 15.3 Å². The van der Waals surface area contributed by atoms with Crippen LogP contribution < -0.4 is 0 Å². The van der Waals surface area contributed by atoms with E-state index in [0.717, 1.165) is 6.07 Å². The number of hydrogen-bond donors (Lipinski definition) is 3. The Morgan fingerprint density at radius 3 is 1.85 bits per heavy atom. The quantitative estimate of drug-likeness (QED) is 0.727. The summed E-state index contributed by atoms with van der Waals surface area (Å²) in [5.41, 5.74) is -1.76. The van der Waals surface area contributed by atoms with Gasteiger partial charge in [0.05, 0.1) is 16.7 Å². The molecule has 0 amide bonds. The van der Waals surface area contributed by atoms with Crippen LogP contribution in [0.3, 0.4) is 0 Å². The first-order chi connectivity index (χ1) is 8.93. The fourth-order valence-electron chi connectivity index (χ4n) is 1.96. The van der Waals surface area contributed by atoms with Gasteiger partial charge in [0.1, 0.15) is 0 Å². The van der Waals surface area contributed by atoms with E-state index in [9.17, 15) is 14.4 Å². The largest absolute Gasteiger partial charge is 0.478 e. The van der Waals surface area contributed by atoms with Crippen molar-refractivity contribution in [1.29, 1.82) is 0 Å². The zero-order valence-electron chi connectivity index (χ0n) is 10.5. The summed E-state index contributed by atoms with van der Waals surface area (Å²) in [4.78, 5) is 33.5. The van der Waals surface area contributed by atoms with E-state index in [-0.39, 0.29) is 24.2 Å². The predicted molar refractivity (Wildman–Crippen MR) is 70.6 cm³/mol. The smallest absolute Gasteiger partial charge is 0.337 e. The van der Waals surface area contributed by atoms with Gasteiger partial charge in [0.2, 0.25) is 0 Å². The van der Waals surface area contributed by atoms with Crippen molar-refractivity contribution in [3.05, 3.63) is 47.0 Å². The summed E-state index contributed by atoms with van der Waals surface area (Å²) in [5.74, 6) is -4.54. The Kier molecular flexibility index (Phi) is 4.55. The Bertz CT molecular complexity index is 722. The first kappa shape index (κ1) is 15.8.